The Morgan fingerprint density at radius 1 is 1.19 bits per heavy atom. The molecule has 2 aromatic carbocycles. The Labute approximate surface area is 162 Å². The van der Waals surface area contributed by atoms with Crippen LogP contribution < -0.4 is 4.74 Å². The third kappa shape index (κ3) is 4.43. The van der Waals surface area contributed by atoms with Crippen molar-refractivity contribution in [3.63, 3.8) is 0 Å². The fourth-order valence-electron chi connectivity index (χ4n) is 2.76. The summed E-state index contributed by atoms with van der Waals surface area (Å²) in [4.78, 5) is 15.6. The molecule has 3 aromatic rings. The van der Waals surface area contributed by atoms with Gasteiger partial charge in [0.25, 0.3) is 0 Å². The number of benzene rings is 2. The van der Waals surface area contributed by atoms with Gasteiger partial charge in [0.05, 0.1) is 17.2 Å². The van der Waals surface area contributed by atoms with Crippen LogP contribution in [0.25, 0.3) is 22.0 Å². The van der Waals surface area contributed by atoms with Gasteiger partial charge in [-0.1, -0.05) is 23.7 Å². The van der Waals surface area contributed by atoms with E-state index in [0.717, 1.165) is 22.0 Å². The summed E-state index contributed by atoms with van der Waals surface area (Å²) >= 11 is 6.46. The Hall–Kier alpha value is -2.50. The number of aliphatic hydroxyl groups is 1. The van der Waals surface area contributed by atoms with Crippen LogP contribution in [0.4, 0.5) is 0 Å². The zero-order chi connectivity index (χ0) is 19.6. The summed E-state index contributed by atoms with van der Waals surface area (Å²) in [5.41, 5.74) is 2.38. The first-order valence-corrected chi connectivity index (χ1v) is 9.04. The molecule has 0 aliphatic heterocycles. The highest BCUT2D eigenvalue weighted by atomic mass is 35.5. The first kappa shape index (κ1) is 19.3. The van der Waals surface area contributed by atoms with Gasteiger partial charge in [-0.3, -0.25) is 0 Å². The minimum atomic E-state index is -0.569. The number of hydrogen-bond acceptors (Lipinski definition) is 4. The van der Waals surface area contributed by atoms with Crippen LogP contribution >= 0.6 is 11.6 Å². The summed E-state index contributed by atoms with van der Waals surface area (Å²) in [6, 6.07) is 11.1. The molecule has 142 valence electrons. The van der Waals surface area contributed by atoms with Crippen LogP contribution in [0.15, 0.2) is 42.6 Å². The van der Waals surface area contributed by atoms with Crippen LogP contribution in [0.2, 0.25) is 5.02 Å². The molecule has 1 aromatic heterocycles. The van der Waals surface area contributed by atoms with Gasteiger partial charge in [0.2, 0.25) is 0 Å². The molecule has 0 aliphatic carbocycles. The molecule has 0 aliphatic rings. The monoisotopic (exact) mass is 387 g/mol. The number of rotatable bonds is 5. The summed E-state index contributed by atoms with van der Waals surface area (Å²) < 4.78 is 10.9. The van der Waals surface area contributed by atoms with Crippen LogP contribution in [0, 0.1) is 0 Å². The Kier molecular flexibility index (Phi) is 5.44. The number of esters is 1. The van der Waals surface area contributed by atoms with Gasteiger partial charge in [0.15, 0.2) is 0 Å². The van der Waals surface area contributed by atoms with Crippen molar-refractivity contribution in [1.82, 2.24) is 4.98 Å². The summed E-state index contributed by atoms with van der Waals surface area (Å²) in [5, 5.41) is 10.2. The van der Waals surface area contributed by atoms with Crippen molar-refractivity contribution in [2.75, 3.05) is 13.2 Å². The second-order valence-electron chi connectivity index (χ2n) is 7.18. The zero-order valence-corrected chi connectivity index (χ0v) is 16.3. The molecule has 5 nitrogen and oxygen atoms in total. The number of carbonyl (C=O) groups is 1. The lowest BCUT2D eigenvalue weighted by atomic mass is 10.0. The maximum Gasteiger partial charge on any atom is 0.340 e. The van der Waals surface area contributed by atoms with E-state index in [4.69, 9.17) is 26.2 Å². The molecule has 0 spiro atoms. The van der Waals surface area contributed by atoms with E-state index in [1.807, 2.05) is 51.1 Å². The quantitative estimate of drug-likeness (QED) is 0.616. The molecular weight excluding hydrogens is 366 g/mol. The molecule has 2 N–H and O–H groups in total. The van der Waals surface area contributed by atoms with E-state index in [9.17, 15) is 4.79 Å². The van der Waals surface area contributed by atoms with Gasteiger partial charge >= 0.3 is 5.97 Å². The van der Waals surface area contributed by atoms with E-state index in [1.165, 1.54) is 0 Å². The minimum absolute atomic E-state index is 0.0365. The number of ether oxygens (including phenoxy) is 2. The smallest absolute Gasteiger partial charge is 0.340 e. The fourth-order valence-corrected chi connectivity index (χ4v) is 3.03. The Bertz CT molecular complexity index is 955. The van der Waals surface area contributed by atoms with Crippen LogP contribution in [0.3, 0.4) is 0 Å². The molecule has 27 heavy (non-hydrogen) atoms. The average molecular weight is 388 g/mol. The van der Waals surface area contributed by atoms with Crippen molar-refractivity contribution in [3.8, 4) is 16.9 Å². The maximum atomic E-state index is 12.5. The number of nitrogens with one attached hydrogen (secondary N) is 1. The lowest BCUT2D eigenvalue weighted by Crippen LogP contribution is -2.23. The molecule has 0 radical (unpaired) electrons. The second-order valence-corrected chi connectivity index (χ2v) is 7.59. The molecule has 0 unspecified atom stereocenters. The standard InChI is InChI=1S/C21H22ClNO4/c1-21(2,3)27-20(25)17-12-23-19-11-18(22)15(10-16(17)19)13-4-6-14(7-5-13)26-9-8-24/h4-7,10-12,23-24H,8-9H2,1-3H3. The van der Waals surface area contributed by atoms with Gasteiger partial charge in [-0.05, 0) is 50.6 Å². The second kappa shape index (κ2) is 7.62. The topological polar surface area (TPSA) is 71.6 Å². The average Bonchev–Trinajstić information content (AvgIpc) is 3.01. The van der Waals surface area contributed by atoms with Crippen LogP contribution in [0.1, 0.15) is 31.1 Å². The number of hydrogen-bond donors (Lipinski definition) is 2. The van der Waals surface area contributed by atoms with Gasteiger partial charge < -0.3 is 19.6 Å². The van der Waals surface area contributed by atoms with Crippen molar-refractivity contribution in [3.05, 3.63) is 53.2 Å². The van der Waals surface area contributed by atoms with Gasteiger partial charge in [0, 0.05) is 22.7 Å². The highest BCUT2D eigenvalue weighted by Crippen LogP contribution is 2.34. The summed E-state index contributed by atoms with van der Waals surface area (Å²) in [5.74, 6) is 0.288. The number of H-pyrrole nitrogens is 1. The normalized spacial score (nSPS) is 11.6. The van der Waals surface area contributed by atoms with Gasteiger partial charge in [0.1, 0.15) is 18.0 Å². The number of aromatic amines is 1. The number of aromatic nitrogens is 1. The third-order valence-corrected chi connectivity index (χ3v) is 4.23. The fraction of sp³-hybridized carbons (Fsp3) is 0.286. The molecule has 0 bridgehead atoms. The Balaban J connectivity index is 1.98. The van der Waals surface area contributed by atoms with E-state index >= 15 is 0 Å². The molecular formula is C21H22ClNO4. The SMILES string of the molecule is CC(C)(C)OC(=O)c1c[nH]c2cc(Cl)c(-c3ccc(OCCO)cc3)cc12. The lowest BCUT2D eigenvalue weighted by molar-refractivity contribution is 0.00719. The first-order valence-electron chi connectivity index (χ1n) is 8.66. The molecule has 1 heterocycles. The third-order valence-electron chi connectivity index (χ3n) is 3.91. The van der Waals surface area contributed by atoms with Crippen molar-refractivity contribution in [1.29, 1.82) is 0 Å². The predicted octanol–water partition coefficient (Wildman–Crippen LogP) is 4.81. The van der Waals surface area contributed by atoms with E-state index in [0.29, 0.717) is 16.3 Å². The first-order chi connectivity index (χ1) is 12.8. The molecule has 0 saturated carbocycles. The molecule has 0 amide bonds. The van der Waals surface area contributed by atoms with E-state index in [-0.39, 0.29) is 19.2 Å². The lowest BCUT2D eigenvalue weighted by Gasteiger charge is -2.19. The van der Waals surface area contributed by atoms with Gasteiger partial charge in [-0.2, -0.15) is 0 Å². The molecule has 0 fully saturated rings. The summed E-state index contributed by atoms with van der Waals surface area (Å²) in [7, 11) is 0. The zero-order valence-electron chi connectivity index (χ0n) is 15.5. The Morgan fingerprint density at radius 2 is 1.89 bits per heavy atom. The highest BCUT2D eigenvalue weighted by molar-refractivity contribution is 6.34. The highest BCUT2D eigenvalue weighted by Gasteiger charge is 2.21. The van der Waals surface area contributed by atoms with E-state index in [2.05, 4.69) is 4.98 Å². The van der Waals surface area contributed by atoms with E-state index in [1.54, 1.807) is 12.3 Å². The van der Waals surface area contributed by atoms with Crippen LogP contribution in [-0.2, 0) is 4.74 Å². The molecule has 6 heteroatoms. The largest absolute Gasteiger partial charge is 0.491 e. The van der Waals surface area contributed by atoms with Crippen LogP contribution in [0.5, 0.6) is 5.75 Å². The summed E-state index contributed by atoms with van der Waals surface area (Å²) in [6.45, 7) is 5.72. The number of halogens is 1. The summed E-state index contributed by atoms with van der Waals surface area (Å²) in [6.07, 6.45) is 1.64. The van der Waals surface area contributed by atoms with E-state index < -0.39 is 5.60 Å². The van der Waals surface area contributed by atoms with Gasteiger partial charge in [-0.25, -0.2) is 4.79 Å². The van der Waals surface area contributed by atoms with Crippen molar-refractivity contribution in [2.45, 2.75) is 26.4 Å². The Morgan fingerprint density at radius 3 is 2.52 bits per heavy atom. The maximum absolute atomic E-state index is 12.5. The predicted molar refractivity (Wildman–Crippen MR) is 106 cm³/mol. The van der Waals surface area contributed by atoms with Crippen molar-refractivity contribution < 1.29 is 19.4 Å². The minimum Gasteiger partial charge on any atom is -0.491 e. The van der Waals surface area contributed by atoms with Crippen molar-refractivity contribution >= 4 is 28.5 Å². The van der Waals surface area contributed by atoms with Crippen LogP contribution in [-0.4, -0.2) is 34.9 Å². The number of carbonyl (C=O) groups excluding carboxylic acids is 1. The molecule has 0 saturated heterocycles. The number of fused-ring (bicyclic) bond motifs is 1. The molecule has 0 atom stereocenters. The van der Waals surface area contributed by atoms with Gasteiger partial charge in [-0.15, -0.1) is 0 Å². The number of aliphatic hydroxyl groups excluding tert-OH is 1. The van der Waals surface area contributed by atoms with Crippen molar-refractivity contribution in [2.24, 2.45) is 0 Å². The molecule has 3 rings (SSSR count).